The zero-order valence-corrected chi connectivity index (χ0v) is 12.8. The number of carbonyl (C=O) groups is 1. The summed E-state index contributed by atoms with van der Waals surface area (Å²) in [4.78, 5) is 18.5. The van der Waals surface area contributed by atoms with Gasteiger partial charge in [0.1, 0.15) is 5.69 Å². The van der Waals surface area contributed by atoms with Crippen LogP contribution in [0.4, 0.5) is 19.1 Å². The minimum atomic E-state index is -4.51. The lowest BCUT2D eigenvalue weighted by Gasteiger charge is -2.12. The number of nitrogens with two attached hydrogens (primary N) is 1. The van der Waals surface area contributed by atoms with Crippen LogP contribution in [0, 0.1) is 0 Å². The van der Waals surface area contributed by atoms with E-state index < -0.39 is 17.9 Å². The average molecular weight is 342 g/mol. The Kier molecular flexibility index (Phi) is 8.73. The number of aromatic nitrogens is 2. The molecule has 0 aromatic carbocycles. The van der Waals surface area contributed by atoms with Gasteiger partial charge in [-0.25, -0.2) is 9.97 Å². The third kappa shape index (κ3) is 6.90. The first kappa shape index (κ1) is 20.4. The van der Waals surface area contributed by atoms with Crippen LogP contribution in [-0.2, 0) is 11.0 Å². The SMILES string of the molecule is CCCC(N)C(=O)NCCNc1nccc(C(F)(F)F)n1.Cl. The Bertz CT molecular complexity index is 472. The smallest absolute Gasteiger partial charge is 0.353 e. The lowest BCUT2D eigenvalue weighted by molar-refractivity contribution is -0.141. The molecule has 1 aromatic rings. The fraction of sp³-hybridized carbons (Fsp3) is 0.583. The molecule has 4 N–H and O–H groups in total. The van der Waals surface area contributed by atoms with E-state index >= 15 is 0 Å². The molecule has 1 rings (SSSR count). The highest BCUT2D eigenvalue weighted by molar-refractivity contribution is 5.85. The molecule has 0 radical (unpaired) electrons. The van der Waals surface area contributed by atoms with Crippen molar-refractivity contribution in [3.63, 3.8) is 0 Å². The van der Waals surface area contributed by atoms with Gasteiger partial charge >= 0.3 is 6.18 Å². The highest BCUT2D eigenvalue weighted by Gasteiger charge is 2.32. The molecule has 1 heterocycles. The number of rotatable bonds is 7. The van der Waals surface area contributed by atoms with Gasteiger partial charge in [-0.3, -0.25) is 4.79 Å². The average Bonchev–Trinajstić information content (AvgIpc) is 2.43. The summed E-state index contributed by atoms with van der Waals surface area (Å²) >= 11 is 0. The van der Waals surface area contributed by atoms with Crippen molar-refractivity contribution in [1.29, 1.82) is 0 Å². The molecule has 1 amide bonds. The summed E-state index contributed by atoms with van der Waals surface area (Å²) < 4.78 is 37.3. The Morgan fingerprint density at radius 1 is 1.41 bits per heavy atom. The van der Waals surface area contributed by atoms with Gasteiger partial charge in [-0.1, -0.05) is 13.3 Å². The lowest BCUT2D eigenvalue weighted by atomic mass is 10.2. The number of nitrogens with zero attached hydrogens (tertiary/aromatic N) is 2. The van der Waals surface area contributed by atoms with Gasteiger partial charge < -0.3 is 16.4 Å². The highest BCUT2D eigenvalue weighted by atomic mass is 35.5. The standard InChI is InChI=1S/C12H18F3N5O.ClH/c1-2-3-8(16)10(21)17-6-7-19-11-18-5-4-9(20-11)12(13,14)15;/h4-5,8H,2-3,6-7,16H2,1H3,(H,17,21)(H,18,19,20);1H. The molecule has 6 nitrogen and oxygen atoms in total. The van der Waals surface area contributed by atoms with Crippen LogP contribution in [0.3, 0.4) is 0 Å². The monoisotopic (exact) mass is 341 g/mol. The molecule has 0 saturated carbocycles. The Labute approximate surface area is 132 Å². The minimum Gasteiger partial charge on any atom is -0.353 e. The van der Waals surface area contributed by atoms with E-state index in [4.69, 9.17) is 5.73 Å². The molecule has 1 unspecified atom stereocenters. The van der Waals surface area contributed by atoms with E-state index in [9.17, 15) is 18.0 Å². The van der Waals surface area contributed by atoms with Crippen molar-refractivity contribution in [2.45, 2.75) is 32.0 Å². The highest BCUT2D eigenvalue weighted by Crippen LogP contribution is 2.27. The summed E-state index contributed by atoms with van der Waals surface area (Å²) in [6.07, 6.45) is -2.12. The Morgan fingerprint density at radius 2 is 2.09 bits per heavy atom. The zero-order chi connectivity index (χ0) is 15.9. The van der Waals surface area contributed by atoms with Gasteiger partial charge in [-0.2, -0.15) is 13.2 Å². The largest absolute Gasteiger partial charge is 0.433 e. The molecule has 22 heavy (non-hydrogen) atoms. The number of anilines is 1. The molecular weight excluding hydrogens is 323 g/mol. The number of hydrogen-bond acceptors (Lipinski definition) is 5. The first-order valence-electron chi connectivity index (χ1n) is 6.52. The summed E-state index contributed by atoms with van der Waals surface area (Å²) in [7, 11) is 0. The second-order valence-corrected chi connectivity index (χ2v) is 4.38. The van der Waals surface area contributed by atoms with Crippen molar-refractivity contribution in [3.05, 3.63) is 18.0 Å². The first-order valence-corrected chi connectivity index (χ1v) is 6.52. The normalized spacial score (nSPS) is 12.2. The van der Waals surface area contributed by atoms with Crippen LogP contribution in [0.2, 0.25) is 0 Å². The van der Waals surface area contributed by atoms with Crippen molar-refractivity contribution in [2.24, 2.45) is 5.73 Å². The molecule has 1 aromatic heterocycles. The number of hydrogen-bond donors (Lipinski definition) is 3. The minimum absolute atomic E-state index is 0. The van der Waals surface area contributed by atoms with Crippen LogP contribution in [0.5, 0.6) is 0 Å². The van der Waals surface area contributed by atoms with E-state index in [2.05, 4.69) is 20.6 Å². The maximum Gasteiger partial charge on any atom is 0.433 e. The van der Waals surface area contributed by atoms with Crippen LogP contribution in [-0.4, -0.2) is 35.0 Å². The van der Waals surface area contributed by atoms with Crippen molar-refractivity contribution >= 4 is 24.3 Å². The van der Waals surface area contributed by atoms with E-state index in [1.165, 1.54) is 0 Å². The predicted molar refractivity (Wildman–Crippen MR) is 78.7 cm³/mol. The quantitative estimate of drug-likeness (QED) is 0.655. The van der Waals surface area contributed by atoms with Gasteiger partial charge in [-0.05, 0) is 12.5 Å². The van der Waals surface area contributed by atoms with Gasteiger partial charge in [0.05, 0.1) is 6.04 Å². The molecular formula is C12H19ClF3N5O. The molecule has 0 aliphatic rings. The molecule has 10 heteroatoms. The van der Waals surface area contributed by atoms with Gasteiger partial charge in [0, 0.05) is 19.3 Å². The predicted octanol–water partition coefficient (Wildman–Crippen LogP) is 1.57. The molecule has 0 aliphatic heterocycles. The fourth-order valence-electron chi connectivity index (χ4n) is 1.53. The zero-order valence-electron chi connectivity index (χ0n) is 12.0. The van der Waals surface area contributed by atoms with Gasteiger partial charge in [0.2, 0.25) is 11.9 Å². The van der Waals surface area contributed by atoms with Gasteiger partial charge in [0.25, 0.3) is 0 Å². The molecule has 0 bridgehead atoms. The second kappa shape index (κ2) is 9.42. The first-order chi connectivity index (χ1) is 9.84. The molecule has 0 spiro atoms. The topological polar surface area (TPSA) is 92.9 Å². The third-order valence-electron chi connectivity index (χ3n) is 2.59. The third-order valence-corrected chi connectivity index (χ3v) is 2.59. The molecule has 1 atom stereocenters. The number of alkyl halides is 3. The van der Waals surface area contributed by atoms with Gasteiger partial charge in [0.15, 0.2) is 0 Å². The van der Waals surface area contributed by atoms with Crippen molar-refractivity contribution in [1.82, 2.24) is 15.3 Å². The Morgan fingerprint density at radius 3 is 2.68 bits per heavy atom. The maximum atomic E-state index is 12.4. The lowest BCUT2D eigenvalue weighted by Crippen LogP contribution is -2.42. The van der Waals surface area contributed by atoms with E-state index in [1.54, 1.807) is 0 Å². The molecule has 126 valence electrons. The van der Waals surface area contributed by atoms with Crippen molar-refractivity contribution in [2.75, 3.05) is 18.4 Å². The summed E-state index contributed by atoms with van der Waals surface area (Å²) in [6, 6.07) is 0.219. The molecule has 0 aliphatic carbocycles. The fourth-order valence-corrected chi connectivity index (χ4v) is 1.53. The summed E-state index contributed by atoms with van der Waals surface area (Å²) in [5.74, 6) is -0.430. The number of carbonyl (C=O) groups excluding carboxylic acids is 1. The van der Waals surface area contributed by atoms with E-state index in [0.29, 0.717) is 6.42 Å². The summed E-state index contributed by atoms with van der Waals surface area (Å²) in [6.45, 7) is 2.33. The Balaban J connectivity index is 0.00000441. The van der Waals surface area contributed by atoms with Crippen LogP contribution < -0.4 is 16.4 Å². The van der Waals surface area contributed by atoms with E-state index in [0.717, 1.165) is 18.7 Å². The number of nitrogens with one attached hydrogen (secondary N) is 2. The van der Waals surface area contributed by atoms with E-state index in [-0.39, 0.29) is 37.4 Å². The van der Waals surface area contributed by atoms with Crippen LogP contribution in [0.15, 0.2) is 12.3 Å². The number of halogens is 4. The second-order valence-electron chi connectivity index (χ2n) is 4.38. The van der Waals surface area contributed by atoms with Crippen molar-refractivity contribution < 1.29 is 18.0 Å². The van der Waals surface area contributed by atoms with Crippen LogP contribution in [0.1, 0.15) is 25.5 Å². The summed E-state index contributed by atoms with van der Waals surface area (Å²) in [5, 5.41) is 5.18. The number of amides is 1. The Hall–Kier alpha value is -1.61. The molecule has 0 saturated heterocycles. The van der Waals surface area contributed by atoms with Gasteiger partial charge in [-0.15, -0.1) is 12.4 Å². The van der Waals surface area contributed by atoms with Crippen LogP contribution in [0.25, 0.3) is 0 Å². The summed E-state index contributed by atoms with van der Waals surface area (Å²) in [5.41, 5.74) is 4.59. The van der Waals surface area contributed by atoms with Crippen molar-refractivity contribution in [3.8, 4) is 0 Å². The van der Waals surface area contributed by atoms with E-state index in [1.807, 2.05) is 6.92 Å². The molecule has 0 fully saturated rings. The maximum absolute atomic E-state index is 12.4. The van der Waals surface area contributed by atoms with Crippen LogP contribution >= 0.6 is 12.4 Å².